The molecule has 0 fully saturated rings. The van der Waals surface area contributed by atoms with Crippen molar-refractivity contribution in [1.29, 1.82) is 0 Å². The average Bonchev–Trinajstić information content (AvgIpc) is 0.800. The maximum Gasteiger partial charge on any atom is 3.00 e. The van der Waals surface area contributed by atoms with Gasteiger partial charge in [0.1, 0.15) is 0 Å². The molecular formula is C88H160N12O4Si16Yb4. The van der Waals surface area contributed by atoms with Gasteiger partial charge < -0.3 is 74.6 Å². The fourth-order valence-corrected chi connectivity index (χ4v) is 78.6. The molecule has 0 aliphatic rings. The van der Waals surface area contributed by atoms with Gasteiger partial charge in [-0.1, -0.05) is 522 Å². The van der Waals surface area contributed by atoms with Crippen LogP contribution in [-0.2, 0) is 0 Å². The first-order valence-electron chi connectivity index (χ1n) is 42.4. The van der Waals surface area contributed by atoms with E-state index in [4.69, 9.17) is 38.5 Å². The van der Waals surface area contributed by atoms with Gasteiger partial charge in [-0.15, -0.1) is 22.7 Å². The van der Waals surface area contributed by atoms with Crippen molar-refractivity contribution in [2.45, 2.75) is 262 Å². The van der Waals surface area contributed by atoms with Gasteiger partial charge in [0.25, 0.3) is 0 Å². The summed E-state index contributed by atoms with van der Waals surface area (Å²) in [6.07, 6.45) is 0. The zero-order chi connectivity index (χ0) is 92.9. The molecule has 0 aromatic heterocycles. The van der Waals surface area contributed by atoms with E-state index in [9.17, 15) is 19.2 Å². The number of anilines is 4. The van der Waals surface area contributed by atoms with Crippen LogP contribution in [0.15, 0.2) is 243 Å². The molecule has 8 aromatic carbocycles. The fraction of sp³-hybridized carbons (Fsp3) is 0.455. The van der Waals surface area contributed by atoms with Crippen molar-refractivity contribution in [2.24, 2.45) is 0 Å². The van der Waals surface area contributed by atoms with Crippen LogP contribution in [-0.4, -0.2) is 133 Å². The van der Waals surface area contributed by atoms with Crippen LogP contribution >= 0.6 is 0 Å². The maximum atomic E-state index is 12.9. The van der Waals surface area contributed by atoms with Gasteiger partial charge in [-0.3, -0.25) is 0 Å². The Balaban J connectivity index is -0.000000680. The molecule has 36 heteroatoms. The van der Waals surface area contributed by atoms with Crippen LogP contribution in [0.25, 0.3) is 38.5 Å². The number of hydrogen-bond acceptors (Lipinski definition) is 8. The molecule has 0 bridgehead atoms. The zero-order valence-electron chi connectivity index (χ0n) is 83.2. The number of hydrogen-bond donors (Lipinski definition) is 0. The Labute approximate surface area is 930 Å². The van der Waals surface area contributed by atoms with Crippen molar-refractivity contribution in [2.75, 3.05) is 16.9 Å². The molecule has 8 rings (SSSR count). The molecule has 16 nitrogen and oxygen atoms in total. The van der Waals surface area contributed by atoms with Gasteiger partial charge >= 0.3 is 188 Å². The molecule has 0 unspecified atom stereocenters. The minimum Gasteiger partial charge on any atom is -0.844 e. The molecule has 0 aliphatic heterocycles. The van der Waals surface area contributed by atoms with E-state index in [0.717, 1.165) is 45.5 Å². The maximum absolute atomic E-state index is 12.9. The third-order valence-corrected chi connectivity index (χ3v) is 64.2. The van der Waals surface area contributed by atoms with Crippen molar-refractivity contribution in [1.82, 2.24) is 0 Å². The first kappa shape index (κ1) is 132. The summed E-state index contributed by atoms with van der Waals surface area (Å²) in [5.74, 6) is 0. The summed E-state index contributed by atoms with van der Waals surface area (Å²) in [6, 6.07) is 79.6. The summed E-state index contributed by atoms with van der Waals surface area (Å²) in [5, 5.41) is 0. The Hall–Kier alpha value is 1.39. The van der Waals surface area contributed by atoms with Crippen LogP contribution in [0, 0.1) is 188 Å². The molecule has 0 heterocycles. The molecule has 0 aliphatic carbocycles. The Morgan fingerprint density at radius 1 is 0.161 bits per heavy atom. The SMILES string of the molecule is C[Si](C)(C)[N-][Si](C)(C)C.C[Si](C)(C)[N-][Si](C)(C)C.C[Si](C)(C)[N-][Si](C)(C)C.C[Si](C)(C)[N-][Si](C)(C)C.C[Si](C)([O-])N(c1ccccc1)[Si](C)(C)[N-]c1ccccc1.C[Si](C)([O-])N(c1ccccc1)[Si](C)(C)[N-]c1ccccc1.C[Si](C)([O-])N(c1ccccc1)[Si](C)(C)[N-]c1ccccc1.C[Si](C)([O-])N(c1ccccc1)[Si](C)(C)[N-]c1ccccc1.[Yb+3].[Yb+3].[Yb+3].[Yb+3]. The Morgan fingerprint density at radius 3 is 0.339 bits per heavy atom. The molecule has 0 spiro atoms. The predicted molar refractivity (Wildman–Crippen MR) is 574 cm³/mol. The Bertz CT molecular complexity index is 3520. The standard InChI is InChI=1S/4C16H22N2OSi2.4C6H18NSi2.4Yb/c4*1-20(2,17-15-11-7-5-8-12-15)18(21(3,4)19)16-13-9-6-10-14-16;4*1-8(2,3)7-9(4,5)6;;;;/h4*5-14H,1-4H3;4*1-6H3;;;;/q4*-2;4*-1;4*+3. The van der Waals surface area contributed by atoms with E-state index >= 15 is 0 Å². The third kappa shape index (κ3) is 61.5. The Kier molecular flexibility index (Phi) is 61.1. The van der Waals surface area contributed by atoms with E-state index < -0.39 is 133 Å². The monoisotopic (exact) mass is 2590 g/mol. The zero-order valence-corrected chi connectivity index (χ0v) is 106. The summed E-state index contributed by atoms with van der Waals surface area (Å²) in [6.45, 7) is 87.0. The molecule has 0 saturated heterocycles. The van der Waals surface area contributed by atoms with Gasteiger partial charge in [-0.2, -0.15) is 0 Å². The van der Waals surface area contributed by atoms with Gasteiger partial charge in [-0.25, -0.2) is 0 Å². The molecule has 716 valence electrons. The largest absolute Gasteiger partial charge is 3.00 e. The smallest absolute Gasteiger partial charge is 0.844 e. The van der Waals surface area contributed by atoms with Crippen molar-refractivity contribution in [3.8, 4) is 0 Å². The average molecular weight is 2590 g/mol. The molecular weight excluding hydrogens is 2430 g/mol. The number of rotatable bonds is 28. The van der Waals surface area contributed by atoms with Crippen LogP contribution in [0.2, 0.25) is 262 Å². The topological polar surface area (TPSA) is 218 Å². The Morgan fingerprint density at radius 2 is 0.258 bits per heavy atom. The van der Waals surface area contributed by atoms with E-state index in [1.165, 1.54) is 0 Å². The van der Waals surface area contributed by atoms with Crippen molar-refractivity contribution < 1.29 is 207 Å². The summed E-state index contributed by atoms with van der Waals surface area (Å²) in [5.41, 5.74) is 7.81. The normalized spacial score (nSPS) is 12.2. The second kappa shape index (κ2) is 57.6. The van der Waals surface area contributed by atoms with E-state index in [1.54, 1.807) is 0 Å². The van der Waals surface area contributed by atoms with Crippen LogP contribution in [0.5, 0.6) is 0 Å². The minimum absolute atomic E-state index is 0. The van der Waals surface area contributed by atoms with E-state index in [2.05, 4.69) is 226 Å². The summed E-state index contributed by atoms with van der Waals surface area (Å²) >= 11 is 0. The minimum atomic E-state index is -2.77. The van der Waals surface area contributed by atoms with Crippen LogP contribution < -0.4 is 36.1 Å². The number of para-hydroxylation sites is 4. The molecule has 124 heavy (non-hydrogen) atoms. The number of nitrogens with zero attached hydrogens (tertiary/aromatic N) is 12. The van der Waals surface area contributed by atoms with E-state index in [1.807, 2.05) is 295 Å². The van der Waals surface area contributed by atoms with Gasteiger partial charge in [0, 0.05) is 90.3 Å². The van der Waals surface area contributed by atoms with Gasteiger partial charge in [-0.05, 0) is 48.5 Å². The van der Waals surface area contributed by atoms with Crippen molar-refractivity contribution in [3.63, 3.8) is 0 Å². The second-order valence-corrected chi connectivity index (χ2v) is 110. The van der Waals surface area contributed by atoms with E-state index in [0.29, 0.717) is 0 Å². The van der Waals surface area contributed by atoms with Gasteiger partial charge in [0.2, 0.25) is 0 Å². The third-order valence-electron chi connectivity index (χ3n) is 15.7. The molecule has 0 N–H and O–H groups in total. The van der Waals surface area contributed by atoms with Crippen molar-refractivity contribution >= 4 is 179 Å². The number of benzene rings is 8. The predicted octanol–water partition coefficient (Wildman–Crippen LogP) is 28.0. The van der Waals surface area contributed by atoms with Crippen LogP contribution in [0.1, 0.15) is 0 Å². The summed E-state index contributed by atoms with van der Waals surface area (Å²) in [4.78, 5) is 71.3. The molecule has 0 saturated carbocycles. The molecule has 0 amide bonds. The van der Waals surface area contributed by atoms with Crippen molar-refractivity contribution in [3.05, 3.63) is 281 Å². The van der Waals surface area contributed by atoms with E-state index in [-0.39, 0.29) is 188 Å². The molecule has 0 atom stereocenters. The van der Waals surface area contributed by atoms with Crippen LogP contribution in [0.4, 0.5) is 45.5 Å². The van der Waals surface area contributed by atoms with Gasteiger partial charge in [0.15, 0.2) is 0 Å². The van der Waals surface area contributed by atoms with Crippen LogP contribution in [0.3, 0.4) is 0 Å². The molecule has 8 aromatic rings. The second-order valence-electron chi connectivity index (χ2n) is 42.1. The quantitative estimate of drug-likeness (QED) is 0.0428. The first-order chi connectivity index (χ1) is 54.1. The van der Waals surface area contributed by atoms with Gasteiger partial charge in [0.05, 0.1) is 0 Å². The summed E-state index contributed by atoms with van der Waals surface area (Å²) < 4.78 is 27.6. The summed E-state index contributed by atoms with van der Waals surface area (Å²) in [7, 11) is -28.9. The fourth-order valence-electron chi connectivity index (χ4n) is 15.0. The first-order valence-corrected chi connectivity index (χ1v) is 92.9. The molecule has 4 radical (unpaired) electrons.